The first-order valence-electron chi connectivity index (χ1n) is 6.28. The van der Waals surface area contributed by atoms with Crippen molar-refractivity contribution in [3.05, 3.63) is 0 Å². The highest BCUT2D eigenvalue weighted by Crippen LogP contribution is 2.29. The number of hydrogen-bond donors (Lipinski definition) is 0. The van der Waals surface area contributed by atoms with Gasteiger partial charge in [-0.3, -0.25) is 9.69 Å². The molecule has 1 atom stereocenters. The molecule has 0 radical (unpaired) electrons. The summed E-state index contributed by atoms with van der Waals surface area (Å²) in [5.41, 5.74) is 0. The van der Waals surface area contributed by atoms with E-state index in [1.54, 1.807) is 6.92 Å². The number of ketones is 1. The van der Waals surface area contributed by atoms with Crippen molar-refractivity contribution in [3.8, 4) is 0 Å². The van der Waals surface area contributed by atoms with Crippen LogP contribution in [-0.4, -0.2) is 29.8 Å². The van der Waals surface area contributed by atoms with E-state index in [1.165, 1.54) is 32.1 Å². The van der Waals surface area contributed by atoms with Gasteiger partial charge in [-0.05, 0) is 52.5 Å². The lowest BCUT2D eigenvalue weighted by atomic mass is 9.83. The van der Waals surface area contributed by atoms with Crippen molar-refractivity contribution in [2.75, 3.05) is 7.05 Å². The third-order valence-electron chi connectivity index (χ3n) is 4.17. The monoisotopic (exact) mass is 211 g/mol. The zero-order valence-corrected chi connectivity index (χ0v) is 10.6. The summed E-state index contributed by atoms with van der Waals surface area (Å²) >= 11 is 0. The molecule has 2 heteroatoms. The Morgan fingerprint density at radius 2 is 1.87 bits per heavy atom. The highest BCUT2D eigenvalue weighted by atomic mass is 16.1. The number of nitrogens with zero attached hydrogens (tertiary/aromatic N) is 1. The third-order valence-corrected chi connectivity index (χ3v) is 4.17. The lowest BCUT2D eigenvalue weighted by molar-refractivity contribution is -0.122. The van der Waals surface area contributed by atoms with Gasteiger partial charge in [0.1, 0.15) is 5.78 Å². The van der Waals surface area contributed by atoms with E-state index in [4.69, 9.17) is 0 Å². The van der Waals surface area contributed by atoms with E-state index in [2.05, 4.69) is 18.9 Å². The predicted molar refractivity (Wildman–Crippen MR) is 63.9 cm³/mol. The zero-order chi connectivity index (χ0) is 11.4. The Bertz CT molecular complexity index is 207. The number of carbonyl (C=O) groups excluding carboxylic acids is 1. The molecule has 1 saturated carbocycles. The molecule has 88 valence electrons. The minimum atomic E-state index is 0.0909. The Morgan fingerprint density at radius 1 is 1.33 bits per heavy atom. The van der Waals surface area contributed by atoms with E-state index in [0.717, 1.165) is 5.92 Å². The minimum Gasteiger partial charge on any atom is -0.298 e. The summed E-state index contributed by atoms with van der Waals surface area (Å²) in [7, 11) is 2.10. The number of hydrogen-bond acceptors (Lipinski definition) is 2. The van der Waals surface area contributed by atoms with Crippen LogP contribution in [0, 0.1) is 5.92 Å². The molecule has 2 nitrogen and oxygen atoms in total. The Morgan fingerprint density at radius 3 is 2.27 bits per heavy atom. The highest BCUT2D eigenvalue weighted by molar-refractivity contribution is 5.80. The predicted octanol–water partition coefficient (Wildman–Crippen LogP) is 2.86. The quantitative estimate of drug-likeness (QED) is 0.712. The Labute approximate surface area is 94.0 Å². The SMILES string of the molecule is CCC1CCC(N(C)C(C)C(C)=O)CC1. The summed E-state index contributed by atoms with van der Waals surface area (Å²) in [4.78, 5) is 13.6. The second-order valence-electron chi connectivity index (χ2n) is 5.03. The first-order valence-corrected chi connectivity index (χ1v) is 6.28. The molecule has 0 spiro atoms. The zero-order valence-electron chi connectivity index (χ0n) is 10.6. The molecule has 0 bridgehead atoms. The van der Waals surface area contributed by atoms with Gasteiger partial charge in [-0.1, -0.05) is 13.3 Å². The smallest absolute Gasteiger partial charge is 0.146 e. The van der Waals surface area contributed by atoms with E-state index in [9.17, 15) is 4.79 Å². The van der Waals surface area contributed by atoms with Crippen LogP contribution in [0.3, 0.4) is 0 Å². The number of carbonyl (C=O) groups is 1. The second kappa shape index (κ2) is 5.64. The van der Waals surface area contributed by atoms with Crippen LogP contribution in [-0.2, 0) is 4.79 Å². The normalized spacial score (nSPS) is 29.1. The second-order valence-corrected chi connectivity index (χ2v) is 5.03. The fraction of sp³-hybridized carbons (Fsp3) is 0.923. The third kappa shape index (κ3) is 3.30. The minimum absolute atomic E-state index is 0.0909. The molecule has 0 N–H and O–H groups in total. The molecule has 1 fully saturated rings. The maximum Gasteiger partial charge on any atom is 0.146 e. The van der Waals surface area contributed by atoms with Crippen molar-refractivity contribution in [1.29, 1.82) is 0 Å². The number of likely N-dealkylation sites (N-methyl/N-ethyl adjacent to an activating group) is 1. The van der Waals surface area contributed by atoms with Gasteiger partial charge in [0.25, 0.3) is 0 Å². The summed E-state index contributed by atoms with van der Waals surface area (Å²) < 4.78 is 0. The summed E-state index contributed by atoms with van der Waals surface area (Å²) in [5, 5.41) is 0. The van der Waals surface area contributed by atoms with Crippen LogP contribution in [0.15, 0.2) is 0 Å². The van der Waals surface area contributed by atoms with Gasteiger partial charge in [-0.2, -0.15) is 0 Å². The van der Waals surface area contributed by atoms with E-state index >= 15 is 0 Å². The van der Waals surface area contributed by atoms with Crippen LogP contribution in [0.1, 0.15) is 52.9 Å². The molecule has 0 heterocycles. The van der Waals surface area contributed by atoms with Gasteiger partial charge >= 0.3 is 0 Å². The molecule has 0 amide bonds. The fourth-order valence-corrected chi connectivity index (χ4v) is 2.56. The van der Waals surface area contributed by atoms with Gasteiger partial charge in [0.05, 0.1) is 6.04 Å². The molecule has 1 aliphatic carbocycles. The topological polar surface area (TPSA) is 20.3 Å². The summed E-state index contributed by atoms with van der Waals surface area (Å²) in [6.45, 7) is 6.00. The summed E-state index contributed by atoms with van der Waals surface area (Å²) in [6.07, 6.45) is 6.55. The molecule has 1 rings (SSSR count). The molecular formula is C13H25NO. The average molecular weight is 211 g/mol. The van der Waals surface area contributed by atoms with Crippen LogP contribution >= 0.6 is 0 Å². The Kier molecular flexibility index (Phi) is 4.78. The summed E-state index contributed by atoms with van der Waals surface area (Å²) in [6, 6.07) is 0.722. The van der Waals surface area contributed by atoms with Crippen molar-refractivity contribution in [2.24, 2.45) is 5.92 Å². The van der Waals surface area contributed by atoms with E-state index in [1.807, 2.05) is 6.92 Å². The van der Waals surface area contributed by atoms with Crippen LogP contribution in [0.4, 0.5) is 0 Å². The fourth-order valence-electron chi connectivity index (χ4n) is 2.56. The first kappa shape index (κ1) is 12.7. The van der Waals surface area contributed by atoms with Gasteiger partial charge < -0.3 is 0 Å². The van der Waals surface area contributed by atoms with Gasteiger partial charge in [-0.25, -0.2) is 0 Å². The van der Waals surface area contributed by atoms with E-state index < -0.39 is 0 Å². The number of rotatable bonds is 4. The van der Waals surface area contributed by atoms with Crippen molar-refractivity contribution in [3.63, 3.8) is 0 Å². The maximum atomic E-state index is 11.3. The standard InChI is InChI=1S/C13H25NO/c1-5-12-6-8-13(9-7-12)14(4)10(2)11(3)15/h10,12-13H,5-9H2,1-4H3. The van der Waals surface area contributed by atoms with Gasteiger partial charge in [-0.15, -0.1) is 0 Å². The highest BCUT2D eigenvalue weighted by Gasteiger charge is 2.26. The Hall–Kier alpha value is -0.370. The van der Waals surface area contributed by atoms with Gasteiger partial charge in [0.2, 0.25) is 0 Å². The number of Topliss-reactive ketones (excluding diaryl/α,β-unsaturated/α-hetero) is 1. The van der Waals surface area contributed by atoms with Crippen LogP contribution in [0.25, 0.3) is 0 Å². The molecule has 0 saturated heterocycles. The van der Waals surface area contributed by atoms with Crippen molar-refractivity contribution in [2.45, 2.75) is 65.0 Å². The molecule has 1 unspecified atom stereocenters. The van der Waals surface area contributed by atoms with Crippen LogP contribution in [0.5, 0.6) is 0 Å². The largest absolute Gasteiger partial charge is 0.298 e. The van der Waals surface area contributed by atoms with Crippen molar-refractivity contribution in [1.82, 2.24) is 4.90 Å². The molecule has 0 aromatic carbocycles. The van der Waals surface area contributed by atoms with Crippen molar-refractivity contribution >= 4 is 5.78 Å². The lowest BCUT2D eigenvalue weighted by Crippen LogP contribution is -2.43. The molecule has 0 aromatic heterocycles. The Balaban J connectivity index is 2.42. The maximum absolute atomic E-state index is 11.3. The molecule has 1 aliphatic rings. The van der Waals surface area contributed by atoms with Gasteiger partial charge in [0, 0.05) is 6.04 Å². The van der Waals surface area contributed by atoms with Crippen LogP contribution in [0.2, 0.25) is 0 Å². The van der Waals surface area contributed by atoms with Crippen LogP contribution < -0.4 is 0 Å². The lowest BCUT2D eigenvalue weighted by Gasteiger charge is -2.36. The summed E-state index contributed by atoms with van der Waals surface area (Å²) in [5.74, 6) is 1.22. The first-order chi connectivity index (χ1) is 7.06. The molecular weight excluding hydrogens is 186 g/mol. The molecule has 0 aromatic rings. The molecule has 0 aliphatic heterocycles. The van der Waals surface area contributed by atoms with Crippen molar-refractivity contribution < 1.29 is 4.79 Å². The van der Waals surface area contributed by atoms with E-state index in [0.29, 0.717) is 6.04 Å². The van der Waals surface area contributed by atoms with E-state index in [-0.39, 0.29) is 11.8 Å². The van der Waals surface area contributed by atoms with Gasteiger partial charge in [0.15, 0.2) is 0 Å². The average Bonchev–Trinajstić information content (AvgIpc) is 2.27. The molecule has 15 heavy (non-hydrogen) atoms.